The molecule has 0 radical (unpaired) electrons. The van der Waals surface area contributed by atoms with E-state index in [1.54, 1.807) is 5.41 Å². The first-order chi connectivity index (χ1) is 5.00. The highest BCUT2D eigenvalue weighted by molar-refractivity contribution is 8.02. The molecule has 0 aliphatic heterocycles. The molecule has 0 bridgehead atoms. The highest BCUT2D eigenvalue weighted by atomic mass is 32.2. The monoisotopic (exact) mass is 176 g/mol. The van der Waals surface area contributed by atoms with E-state index in [1.807, 2.05) is 0 Å². The maximum Gasteiger partial charge on any atom is 0.324 e. The van der Waals surface area contributed by atoms with E-state index in [4.69, 9.17) is 16.6 Å². The molecule has 0 aliphatic rings. The van der Waals surface area contributed by atoms with E-state index in [2.05, 4.69) is 0 Å². The molecule has 0 rings (SSSR count). The Morgan fingerprint density at radius 2 is 2.36 bits per heavy atom. The molecular formula is C6H12N2O2S. The van der Waals surface area contributed by atoms with Crippen molar-refractivity contribution in [3.05, 3.63) is 11.6 Å². The van der Waals surface area contributed by atoms with Gasteiger partial charge in [-0.3, -0.25) is 4.79 Å². The summed E-state index contributed by atoms with van der Waals surface area (Å²) in [5.41, 5.74) is 9.27. The molecule has 0 fully saturated rings. The lowest BCUT2D eigenvalue weighted by molar-refractivity contribution is -0.141. The molecule has 0 amide bonds. The molecule has 4 nitrogen and oxygen atoms in total. The van der Waals surface area contributed by atoms with Crippen molar-refractivity contribution in [3.8, 4) is 0 Å². The maximum atomic E-state index is 10.4. The summed E-state index contributed by atoms with van der Waals surface area (Å²) in [4.78, 5) is 10.4. The van der Waals surface area contributed by atoms with E-state index >= 15 is 0 Å². The molecule has 1 unspecified atom stereocenters. The van der Waals surface area contributed by atoms with Crippen molar-refractivity contribution >= 4 is 17.7 Å². The van der Waals surface area contributed by atoms with Crippen LogP contribution in [0.15, 0.2) is 11.6 Å². The molecule has 1 atom stereocenters. The second-order valence-electron chi connectivity index (χ2n) is 2.36. The first-order valence-electron chi connectivity index (χ1n) is 3.01. The molecule has 0 spiro atoms. The summed E-state index contributed by atoms with van der Waals surface area (Å²) in [5, 5.41) is 10.2. The van der Waals surface area contributed by atoms with Crippen molar-refractivity contribution in [1.29, 1.82) is 0 Å². The lowest BCUT2D eigenvalue weighted by Crippen LogP contribution is -2.47. The Hall–Kier alpha value is -0.680. The Bertz CT molecular complexity index is 168. The number of aliphatic carboxylic acids is 1. The van der Waals surface area contributed by atoms with Crippen LogP contribution in [0.3, 0.4) is 0 Å². The van der Waals surface area contributed by atoms with Gasteiger partial charge < -0.3 is 16.6 Å². The third-order valence-electron chi connectivity index (χ3n) is 1.05. The minimum absolute atomic E-state index is 0.316. The normalized spacial score (nSPS) is 16.5. The summed E-state index contributed by atoms with van der Waals surface area (Å²) in [6.45, 7) is 1.46. The molecule has 0 saturated heterocycles. The predicted molar refractivity (Wildman–Crippen MR) is 46.0 cm³/mol. The van der Waals surface area contributed by atoms with Crippen molar-refractivity contribution < 1.29 is 9.90 Å². The van der Waals surface area contributed by atoms with Crippen LogP contribution in [0.2, 0.25) is 0 Å². The molecule has 0 aliphatic carbocycles. The quantitative estimate of drug-likeness (QED) is 0.559. The highest BCUT2D eigenvalue weighted by Crippen LogP contribution is 2.10. The van der Waals surface area contributed by atoms with Gasteiger partial charge in [-0.15, -0.1) is 11.8 Å². The summed E-state index contributed by atoms with van der Waals surface area (Å²) >= 11 is 1.28. The topological polar surface area (TPSA) is 89.3 Å². The molecule has 64 valence electrons. The van der Waals surface area contributed by atoms with E-state index < -0.39 is 11.5 Å². The van der Waals surface area contributed by atoms with Gasteiger partial charge in [-0.25, -0.2) is 0 Å². The van der Waals surface area contributed by atoms with Gasteiger partial charge in [0.1, 0.15) is 5.54 Å². The number of rotatable bonds is 4. The number of nitrogens with two attached hydrogens (primary N) is 2. The first kappa shape index (κ1) is 10.3. The van der Waals surface area contributed by atoms with Crippen LogP contribution in [0, 0.1) is 0 Å². The fourth-order valence-corrected chi connectivity index (χ4v) is 1.02. The van der Waals surface area contributed by atoms with E-state index in [0.717, 1.165) is 0 Å². The van der Waals surface area contributed by atoms with Crippen molar-refractivity contribution in [1.82, 2.24) is 0 Å². The zero-order valence-corrected chi connectivity index (χ0v) is 7.10. The SMILES string of the molecule is CC(N)(CS/C=C\N)C(=O)O. The third-order valence-corrected chi connectivity index (χ3v) is 2.16. The van der Waals surface area contributed by atoms with Gasteiger partial charge in [0.2, 0.25) is 0 Å². The Labute approximate surface area is 69.6 Å². The first-order valence-corrected chi connectivity index (χ1v) is 4.06. The third kappa shape index (κ3) is 3.90. The van der Waals surface area contributed by atoms with Gasteiger partial charge in [0.15, 0.2) is 0 Å². The lowest BCUT2D eigenvalue weighted by Gasteiger charge is -2.16. The number of carbonyl (C=O) groups is 1. The standard InChI is InChI=1S/C6H12N2O2S/c1-6(8,5(9)10)4-11-3-2-7/h2-3H,4,7-8H2,1H3,(H,9,10)/b3-2-. The second-order valence-corrected chi connectivity index (χ2v) is 3.26. The van der Waals surface area contributed by atoms with E-state index in [9.17, 15) is 4.79 Å². The maximum absolute atomic E-state index is 10.4. The minimum atomic E-state index is -1.18. The smallest absolute Gasteiger partial charge is 0.324 e. The van der Waals surface area contributed by atoms with Crippen LogP contribution in [0.5, 0.6) is 0 Å². The van der Waals surface area contributed by atoms with E-state index in [1.165, 1.54) is 24.9 Å². The lowest BCUT2D eigenvalue weighted by atomic mass is 10.1. The zero-order valence-electron chi connectivity index (χ0n) is 6.28. The molecule has 0 saturated carbocycles. The zero-order chi connectivity index (χ0) is 8.91. The Morgan fingerprint density at radius 3 is 2.73 bits per heavy atom. The number of hydrogen-bond donors (Lipinski definition) is 3. The molecule has 0 heterocycles. The van der Waals surface area contributed by atoms with Crippen LogP contribution >= 0.6 is 11.8 Å². The Balaban J connectivity index is 3.82. The van der Waals surface area contributed by atoms with Gasteiger partial charge in [-0.05, 0) is 12.3 Å². The van der Waals surface area contributed by atoms with Crippen LogP contribution in [-0.2, 0) is 4.79 Å². The van der Waals surface area contributed by atoms with E-state index in [0.29, 0.717) is 5.75 Å². The second kappa shape index (κ2) is 4.25. The fourth-order valence-electron chi connectivity index (χ4n) is 0.339. The Kier molecular flexibility index (Phi) is 3.99. The van der Waals surface area contributed by atoms with Gasteiger partial charge >= 0.3 is 5.97 Å². The average Bonchev–Trinajstić information content (AvgIpc) is 1.88. The summed E-state index contributed by atoms with van der Waals surface area (Å²) < 4.78 is 0. The Morgan fingerprint density at radius 1 is 1.82 bits per heavy atom. The largest absolute Gasteiger partial charge is 0.480 e. The van der Waals surface area contributed by atoms with Crippen LogP contribution in [0.1, 0.15) is 6.92 Å². The van der Waals surface area contributed by atoms with Gasteiger partial charge in [-0.1, -0.05) is 0 Å². The highest BCUT2D eigenvalue weighted by Gasteiger charge is 2.26. The number of thioether (sulfide) groups is 1. The molecule has 0 aromatic carbocycles. The van der Waals surface area contributed by atoms with Crippen molar-refractivity contribution in [2.75, 3.05) is 5.75 Å². The molecule has 0 aromatic heterocycles. The van der Waals surface area contributed by atoms with Crippen molar-refractivity contribution in [2.45, 2.75) is 12.5 Å². The molecule has 11 heavy (non-hydrogen) atoms. The van der Waals surface area contributed by atoms with Gasteiger partial charge in [0.05, 0.1) is 0 Å². The van der Waals surface area contributed by atoms with Crippen molar-refractivity contribution in [3.63, 3.8) is 0 Å². The molecule has 5 heteroatoms. The van der Waals surface area contributed by atoms with Crippen LogP contribution < -0.4 is 11.5 Å². The summed E-state index contributed by atoms with van der Waals surface area (Å²) in [7, 11) is 0. The van der Waals surface area contributed by atoms with Crippen molar-refractivity contribution in [2.24, 2.45) is 11.5 Å². The number of hydrogen-bond acceptors (Lipinski definition) is 4. The van der Waals surface area contributed by atoms with Gasteiger partial charge in [0.25, 0.3) is 0 Å². The number of carboxylic acids is 1. The summed E-state index contributed by atoms with van der Waals surface area (Å²) in [6.07, 6.45) is 1.35. The summed E-state index contributed by atoms with van der Waals surface area (Å²) in [5.74, 6) is -0.689. The number of carboxylic acid groups (broad SMARTS) is 1. The van der Waals surface area contributed by atoms with E-state index in [-0.39, 0.29) is 0 Å². The van der Waals surface area contributed by atoms with Gasteiger partial charge in [0, 0.05) is 12.0 Å². The fraction of sp³-hybridized carbons (Fsp3) is 0.500. The predicted octanol–water partition coefficient (Wildman–Crippen LogP) is -0.0485. The van der Waals surface area contributed by atoms with Crippen LogP contribution in [-0.4, -0.2) is 22.4 Å². The van der Waals surface area contributed by atoms with Gasteiger partial charge in [-0.2, -0.15) is 0 Å². The average molecular weight is 176 g/mol. The molecular weight excluding hydrogens is 164 g/mol. The molecule has 0 aromatic rings. The van der Waals surface area contributed by atoms with Crippen LogP contribution in [0.25, 0.3) is 0 Å². The summed E-state index contributed by atoms with van der Waals surface area (Å²) in [6, 6.07) is 0. The minimum Gasteiger partial charge on any atom is -0.480 e. The van der Waals surface area contributed by atoms with Crippen LogP contribution in [0.4, 0.5) is 0 Å². The molecule has 5 N–H and O–H groups in total.